The number of aromatic nitrogens is 2. The second-order valence-electron chi connectivity index (χ2n) is 6.32. The molecule has 7 heteroatoms. The van der Waals surface area contributed by atoms with Gasteiger partial charge in [-0.3, -0.25) is 4.79 Å². The minimum Gasteiger partial charge on any atom is -0.491 e. The molecule has 2 aromatic rings. The van der Waals surface area contributed by atoms with Crippen molar-refractivity contribution in [3.63, 3.8) is 0 Å². The maximum Gasteiger partial charge on any atom is 0.289 e. The molecule has 6 nitrogen and oxygen atoms in total. The van der Waals surface area contributed by atoms with Gasteiger partial charge in [-0.1, -0.05) is 0 Å². The highest BCUT2D eigenvalue weighted by Crippen LogP contribution is 2.27. The number of methoxy groups -OCH3 is 1. The van der Waals surface area contributed by atoms with Crippen LogP contribution in [0.4, 0.5) is 4.39 Å². The number of piperidine rings is 1. The third kappa shape index (κ3) is 3.82. The molecular weight excluding hydrogens is 325 g/mol. The maximum atomic E-state index is 13.0. The molecule has 1 saturated heterocycles. The van der Waals surface area contributed by atoms with Crippen LogP contribution in [0.1, 0.15) is 23.5 Å². The van der Waals surface area contributed by atoms with Crippen molar-refractivity contribution in [2.75, 3.05) is 26.8 Å². The molecule has 1 aromatic heterocycles. The highest BCUT2D eigenvalue weighted by Gasteiger charge is 2.39. The van der Waals surface area contributed by atoms with Crippen molar-refractivity contribution in [3.8, 4) is 5.75 Å². The van der Waals surface area contributed by atoms with Gasteiger partial charge in [-0.05, 0) is 37.1 Å². The zero-order valence-corrected chi connectivity index (χ0v) is 14.4. The first-order valence-electron chi connectivity index (χ1n) is 8.23. The summed E-state index contributed by atoms with van der Waals surface area (Å²) >= 11 is 0. The highest BCUT2D eigenvalue weighted by atomic mass is 19.1. The molecule has 1 aliphatic heterocycles. The van der Waals surface area contributed by atoms with Crippen LogP contribution in [0.2, 0.25) is 0 Å². The Morgan fingerprint density at radius 2 is 2.12 bits per heavy atom. The van der Waals surface area contributed by atoms with E-state index in [1.54, 1.807) is 48.2 Å². The van der Waals surface area contributed by atoms with E-state index in [0.717, 1.165) is 12.8 Å². The van der Waals surface area contributed by atoms with E-state index in [4.69, 9.17) is 9.47 Å². The Balaban J connectivity index is 1.69. The summed E-state index contributed by atoms with van der Waals surface area (Å²) in [5, 5.41) is 0. The number of halogens is 1. The first-order chi connectivity index (χ1) is 12.0. The predicted octanol–water partition coefficient (Wildman–Crippen LogP) is 2.26. The molecule has 1 aliphatic rings. The van der Waals surface area contributed by atoms with E-state index in [0.29, 0.717) is 31.3 Å². The van der Waals surface area contributed by atoms with Crippen LogP contribution < -0.4 is 4.74 Å². The van der Waals surface area contributed by atoms with Gasteiger partial charge < -0.3 is 18.9 Å². The maximum absolute atomic E-state index is 13.0. The third-order valence-corrected chi connectivity index (χ3v) is 4.59. The Kier molecular flexibility index (Phi) is 5.03. The summed E-state index contributed by atoms with van der Waals surface area (Å²) in [6, 6.07) is 5.87. The SMILES string of the molecule is CO[C@@]1(COc2ccc(F)cc2)CCCN(C(=O)c2nccn2C)C1. The molecule has 25 heavy (non-hydrogen) atoms. The minimum atomic E-state index is -0.590. The van der Waals surface area contributed by atoms with Crippen LogP contribution >= 0.6 is 0 Å². The van der Waals surface area contributed by atoms with Gasteiger partial charge in [-0.2, -0.15) is 0 Å². The lowest BCUT2D eigenvalue weighted by atomic mass is 9.93. The summed E-state index contributed by atoms with van der Waals surface area (Å²) in [6.45, 7) is 1.38. The first-order valence-corrected chi connectivity index (χ1v) is 8.23. The van der Waals surface area contributed by atoms with Gasteiger partial charge in [-0.15, -0.1) is 0 Å². The van der Waals surface area contributed by atoms with E-state index in [1.807, 2.05) is 0 Å². The smallest absolute Gasteiger partial charge is 0.289 e. The number of amides is 1. The van der Waals surface area contributed by atoms with Crippen LogP contribution in [-0.4, -0.2) is 52.8 Å². The van der Waals surface area contributed by atoms with Crippen molar-refractivity contribution in [2.45, 2.75) is 18.4 Å². The number of likely N-dealkylation sites (tertiary alicyclic amines) is 1. The molecule has 1 amide bonds. The van der Waals surface area contributed by atoms with Gasteiger partial charge in [0.05, 0.1) is 6.54 Å². The summed E-state index contributed by atoms with van der Waals surface area (Å²) in [4.78, 5) is 18.6. The molecule has 1 fully saturated rings. The molecule has 1 atom stereocenters. The van der Waals surface area contributed by atoms with Crippen LogP contribution in [-0.2, 0) is 11.8 Å². The fraction of sp³-hybridized carbons (Fsp3) is 0.444. The van der Waals surface area contributed by atoms with Crippen LogP contribution in [0.15, 0.2) is 36.7 Å². The van der Waals surface area contributed by atoms with E-state index in [-0.39, 0.29) is 11.7 Å². The standard InChI is InChI=1S/C18H22FN3O3/c1-21-11-9-20-16(21)17(23)22-10-3-8-18(12-22,24-2)13-25-15-6-4-14(19)5-7-15/h4-7,9,11H,3,8,10,12-13H2,1-2H3/t18-/m0/s1. The minimum absolute atomic E-state index is 0.115. The van der Waals surface area contributed by atoms with Crippen LogP contribution in [0.3, 0.4) is 0 Å². The number of ether oxygens (including phenoxy) is 2. The van der Waals surface area contributed by atoms with Crippen molar-refractivity contribution in [1.29, 1.82) is 0 Å². The lowest BCUT2D eigenvalue weighted by Crippen LogP contribution is -2.54. The number of rotatable bonds is 5. The Bertz CT molecular complexity index is 731. The first kappa shape index (κ1) is 17.4. The van der Waals surface area contributed by atoms with Gasteiger partial charge in [0.25, 0.3) is 5.91 Å². The van der Waals surface area contributed by atoms with Crippen LogP contribution in [0, 0.1) is 5.82 Å². The molecule has 1 aromatic carbocycles. The van der Waals surface area contributed by atoms with Gasteiger partial charge in [0.15, 0.2) is 5.82 Å². The monoisotopic (exact) mass is 347 g/mol. The Morgan fingerprint density at radius 1 is 1.36 bits per heavy atom. The lowest BCUT2D eigenvalue weighted by molar-refractivity contribution is -0.0826. The van der Waals surface area contributed by atoms with Gasteiger partial charge in [0, 0.05) is 33.1 Å². The molecule has 0 aliphatic carbocycles. The second-order valence-corrected chi connectivity index (χ2v) is 6.32. The zero-order chi connectivity index (χ0) is 17.9. The van der Waals surface area contributed by atoms with E-state index in [2.05, 4.69) is 4.98 Å². The summed E-state index contributed by atoms with van der Waals surface area (Å²) in [7, 11) is 3.42. The summed E-state index contributed by atoms with van der Waals surface area (Å²) in [5.74, 6) is 0.561. The number of carbonyl (C=O) groups excluding carboxylic acids is 1. The van der Waals surface area contributed by atoms with Gasteiger partial charge in [-0.25, -0.2) is 9.37 Å². The number of carbonyl (C=O) groups is 1. The molecule has 0 bridgehead atoms. The van der Waals surface area contributed by atoms with Crippen LogP contribution in [0.25, 0.3) is 0 Å². The van der Waals surface area contributed by atoms with E-state index in [1.165, 1.54) is 12.1 Å². The van der Waals surface area contributed by atoms with Gasteiger partial charge >= 0.3 is 0 Å². The molecule has 0 radical (unpaired) electrons. The summed E-state index contributed by atoms with van der Waals surface area (Å²) in [5.41, 5.74) is -0.590. The largest absolute Gasteiger partial charge is 0.491 e. The quantitative estimate of drug-likeness (QED) is 0.833. The Labute approximate surface area is 146 Å². The molecule has 0 unspecified atom stereocenters. The molecule has 0 saturated carbocycles. The molecular formula is C18H22FN3O3. The number of benzene rings is 1. The summed E-state index contributed by atoms with van der Waals surface area (Å²) in [6.07, 6.45) is 4.96. The Morgan fingerprint density at radius 3 is 2.76 bits per heavy atom. The van der Waals surface area contributed by atoms with Crippen molar-refractivity contribution >= 4 is 5.91 Å². The van der Waals surface area contributed by atoms with Gasteiger partial charge in [0.2, 0.25) is 0 Å². The van der Waals surface area contributed by atoms with E-state index < -0.39 is 5.60 Å². The number of imidazole rings is 1. The number of hydrogen-bond donors (Lipinski definition) is 0. The van der Waals surface area contributed by atoms with Crippen molar-refractivity contribution < 1.29 is 18.7 Å². The van der Waals surface area contributed by atoms with Gasteiger partial charge in [0.1, 0.15) is 23.8 Å². The summed E-state index contributed by atoms with van der Waals surface area (Å²) < 4.78 is 26.2. The average molecular weight is 347 g/mol. The third-order valence-electron chi connectivity index (χ3n) is 4.59. The average Bonchev–Trinajstić information content (AvgIpc) is 3.07. The van der Waals surface area contributed by atoms with Crippen LogP contribution in [0.5, 0.6) is 5.75 Å². The number of hydrogen-bond acceptors (Lipinski definition) is 4. The predicted molar refractivity (Wildman–Crippen MR) is 90.0 cm³/mol. The molecule has 2 heterocycles. The molecule has 3 rings (SSSR count). The van der Waals surface area contributed by atoms with E-state index in [9.17, 15) is 9.18 Å². The molecule has 0 spiro atoms. The molecule has 134 valence electrons. The van der Waals surface area contributed by atoms with Crippen molar-refractivity contribution in [3.05, 3.63) is 48.3 Å². The topological polar surface area (TPSA) is 56.6 Å². The second kappa shape index (κ2) is 7.23. The normalized spacial score (nSPS) is 20.5. The Hall–Kier alpha value is -2.41. The zero-order valence-electron chi connectivity index (χ0n) is 14.4. The van der Waals surface area contributed by atoms with Crippen molar-refractivity contribution in [1.82, 2.24) is 14.5 Å². The number of aryl methyl sites for hydroxylation is 1. The van der Waals surface area contributed by atoms with E-state index >= 15 is 0 Å². The van der Waals surface area contributed by atoms with Crippen molar-refractivity contribution in [2.24, 2.45) is 7.05 Å². The lowest BCUT2D eigenvalue weighted by Gasteiger charge is -2.41. The number of nitrogens with zero attached hydrogens (tertiary/aromatic N) is 3. The highest BCUT2D eigenvalue weighted by molar-refractivity contribution is 5.91. The molecule has 0 N–H and O–H groups in total. The fourth-order valence-corrected chi connectivity index (χ4v) is 3.07. The fourth-order valence-electron chi connectivity index (χ4n) is 3.07.